The first-order chi connectivity index (χ1) is 9.24. The molecule has 0 bridgehead atoms. The Morgan fingerprint density at radius 1 is 1.40 bits per heavy atom. The van der Waals surface area contributed by atoms with Crippen LogP contribution in [0.2, 0.25) is 0 Å². The zero-order valence-electron chi connectivity index (χ0n) is 10.4. The molecule has 9 heteroatoms. The highest BCUT2D eigenvalue weighted by molar-refractivity contribution is 5.62. The molecule has 0 saturated carbocycles. The van der Waals surface area contributed by atoms with Gasteiger partial charge in [-0.2, -0.15) is 13.2 Å². The van der Waals surface area contributed by atoms with Crippen molar-refractivity contribution in [2.24, 2.45) is 0 Å². The van der Waals surface area contributed by atoms with Crippen molar-refractivity contribution in [3.8, 4) is 0 Å². The third kappa shape index (κ3) is 4.67. The molecule has 0 radical (unpaired) electrons. The topological polar surface area (TPSA) is 92.6 Å². The van der Waals surface area contributed by atoms with Crippen LogP contribution in [0, 0.1) is 10.1 Å². The molecule has 6 nitrogen and oxygen atoms in total. The number of aliphatic hydroxyl groups is 1. The highest BCUT2D eigenvalue weighted by Gasteiger charge is 2.31. The van der Waals surface area contributed by atoms with E-state index in [1.807, 2.05) is 0 Å². The van der Waals surface area contributed by atoms with Gasteiger partial charge in [0.1, 0.15) is 5.69 Å². The number of para-hydroxylation sites is 1. The van der Waals surface area contributed by atoms with E-state index in [-0.39, 0.29) is 30.0 Å². The van der Waals surface area contributed by atoms with Gasteiger partial charge in [0.2, 0.25) is 0 Å². The molecule has 1 aromatic rings. The van der Waals surface area contributed by atoms with E-state index in [0.717, 1.165) is 4.90 Å². The van der Waals surface area contributed by atoms with E-state index in [9.17, 15) is 23.3 Å². The van der Waals surface area contributed by atoms with Crippen LogP contribution in [0.5, 0.6) is 0 Å². The maximum atomic E-state index is 12.4. The zero-order chi connectivity index (χ0) is 15.3. The maximum Gasteiger partial charge on any atom is 0.401 e. The molecule has 0 unspecified atom stereocenters. The van der Waals surface area contributed by atoms with Gasteiger partial charge < -0.3 is 10.8 Å². The maximum absolute atomic E-state index is 12.4. The van der Waals surface area contributed by atoms with Crippen molar-refractivity contribution in [1.29, 1.82) is 0 Å². The normalized spacial score (nSPS) is 11.8. The molecular weight excluding hydrogens is 279 g/mol. The van der Waals surface area contributed by atoms with Gasteiger partial charge >= 0.3 is 6.18 Å². The van der Waals surface area contributed by atoms with Gasteiger partial charge in [-0.1, -0.05) is 12.1 Å². The lowest BCUT2D eigenvalue weighted by molar-refractivity contribution is -0.384. The minimum atomic E-state index is -4.43. The molecule has 1 aromatic carbocycles. The predicted molar refractivity (Wildman–Crippen MR) is 65.9 cm³/mol. The number of aliphatic hydroxyl groups excluding tert-OH is 1. The Morgan fingerprint density at radius 2 is 2.05 bits per heavy atom. The second-order valence-electron chi connectivity index (χ2n) is 4.16. The molecule has 20 heavy (non-hydrogen) atoms. The highest BCUT2D eigenvalue weighted by Crippen LogP contribution is 2.26. The smallest absolute Gasteiger partial charge is 0.395 e. The summed E-state index contributed by atoms with van der Waals surface area (Å²) in [6.45, 7) is -2.12. The molecule has 0 aliphatic heterocycles. The molecule has 112 valence electrons. The molecule has 0 spiro atoms. The van der Waals surface area contributed by atoms with Crippen LogP contribution < -0.4 is 5.73 Å². The predicted octanol–water partition coefficient (Wildman–Crippen LogP) is 1.53. The van der Waals surface area contributed by atoms with Crippen LogP contribution >= 0.6 is 0 Å². The number of hydrogen-bond acceptors (Lipinski definition) is 5. The lowest BCUT2D eigenvalue weighted by Gasteiger charge is -2.23. The fourth-order valence-corrected chi connectivity index (χ4v) is 1.75. The van der Waals surface area contributed by atoms with Crippen LogP contribution in [0.15, 0.2) is 18.2 Å². The molecule has 0 heterocycles. The van der Waals surface area contributed by atoms with Gasteiger partial charge in [-0.15, -0.1) is 0 Å². The number of halogens is 3. The second kappa shape index (κ2) is 6.53. The van der Waals surface area contributed by atoms with Gasteiger partial charge in [-0.25, -0.2) is 0 Å². The van der Waals surface area contributed by atoms with Crippen LogP contribution in [-0.2, 0) is 6.54 Å². The lowest BCUT2D eigenvalue weighted by Crippen LogP contribution is -2.35. The summed E-state index contributed by atoms with van der Waals surface area (Å²) in [6, 6.07) is 3.95. The third-order valence-electron chi connectivity index (χ3n) is 2.58. The number of nitro benzene ring substituents is 1. The zero-order valence-corrected chi connectivity index (χ0v) is 10.4. The fourth-order valence-electron chi connectivity index (χ4n) is 1.75. The molecule has 0 aliphatic rings. The van der Waals surface area contributed by atoms with E-state index in [1.54, 1.807) is 0 Å². The Morgan fingerprint density at radius 3 is 2.55 bits per heavy atom. The van der Waals surface area contributed by atoms with E-state index in [4.69, 9.17) is 10.8 Å². The van der Waals surface area contributed by atoms with Crippen molar-refractivity contribution in [3.63, 3.8) is 0 Å². The van der Waals surface area contributed by atoms with Crippen molar-refractivity contribution in [3.05, 3.63) is 33.9 Å². The summed E-state index contributed by atoms with van der Waals surface area (Å²) in [5.41, 5.74) is 5.29. The lowest BCUT2D eigenvalue weighted by atomic mass is 10.1. The van der Waals surface area contributed by atoms with Gasteiger partial charge in [-0.3, -0.25) is 15.0 Å². The Bertz CT molecular complexity index is 480. The Balaban J connectivity index is 2.94. The summed E-state index contributed by atoms with van der Waals surface area (Å²) in [5, 5.41) is 19.5. The van der Waals surface area contributed by atoms with Gasteiger partial charge in [0.25, 0.3) is 5.69 Å². The van der Waals surface area contributed by atoms with E-state index in [1.165, 1.54) is 18.2 Å². The highest BCUT2D eigenvalue weighted by atomic mass is 19.4. The number of hydrogen-bond donors (Lipinski definition) is 2. The summed E-state index contributed by atoms with van der Waals surface area (Å²) in [6.07, 6.45) is -4.43. The molecule has 3 N–H and O–H groups in total. The number of nitrogens with zero attached hydrogens (tertiary/aromatic N) is 2. The van der Waals surface area contributed by atoms with Gasteiger partial charge in [0.15, 0.2) is 0 Å². The number of nitrogens with two attached hydrogens (primary N) is 1. The standard InChI is InChI=1S/C11H14F3N3O3/c12-11(13,14)7-16(4-5-18)6-8-2-1-3-9(10(8)15)17(19)20/h1-3,18H,4-7,15H2. The third-order valence-corrected chi connectivity index (χ3v) is 2.58. The van der Waals surface area contributed by atoms with E-state index < -0.39 is 24.3 Å². The molecule has 1 rings (SSSR count). The van der Waals surface area contributed by atoms with Crippen molar-refractivity contribution in [1.82, 2.24) is 4.90 Å². The van der Waals surface area contributed by atoms with Crippen molar-refractivity contribution in [2.75, 3.05) is 25.4 Å². The van der Waals surface area contributed by atoms with E-state index in [2.05, 4.69) is 0 Å². The number of rotatable bonds is 6. The number of anilines is 1. The van der Waals surface area contributed by atoms with Crippen molar-refractivity contribution in [2.45, 2.75) is 12.7 Å². The quantitative estimate of drug-likeness (QED) is 0.471. The minimum absolute atomic E-state index is 0.164. The fraction of sp³-hybridized carbons (Fsp3) is 0.455. The average molecular weight is 293 g/mol. The van der Waals surface area contributed by atoms with Crippen LogP contribution in [0.3, 0.4) is 0 Å². The molecule has 0 amide bonds. The van der Waals surface area contributed by atoms with Crippen molar-refractivity contribution < 1.29 is 23.2 Å². The van der Waals surface area contributed by atoms with Gasteiger partial charge in [-0.05, 0) is 5.56 Å². The minimum Gasteiger partial charge on any atom is -0.395 e. The number of nitrogen functional groups attached to an aromatic ring is 1. The summed E-state index contributed by atoms with van der Waals surface area (Å²) in [4.78, 5) is 10.9. The van der Waals surface area contributed by atoms with Gasteiger partial charge in [0.05, 0.1) is 18.1 Å². The summed E-state index contributed by atoms with van der Waals surface area (Å²) < 4.78 is 37.1. The number of alkyl halides is 3. The molecule has 0 saturated heterocycles. The average Bonchev–Trinajstić information content (AvgIpc) is 2.29. The molecule has 0 fully saturated rings. The van der Waals surface area contributed by atoms with Crippen LogP contribution in [0.25, 0.3) is 0 Å². The number of nitro groups is 1. The van der Waals surface area contributed by atoms with Crippen LogP contribution in [0.1, 0.15) is 5.56 Å². The molecule has 0 atom stereocenters. The van der Waals surface area contributed by atoms with E-state index >= 15 is 0 Å². The molecule has 0 aliphatic carbocycles. The van der Waals surface area contributed by atoms with E-state index in [0.29, 0.717) is 0 Å². The Kier molecular flexibility index (Phi) is 5.28. The monoisotopic (exact) mass is 293 g/mol. The molecule has 0 aromatic heterocycles. The largest absolute Gasteiger partial charge is 0.401 e. The van der Waals surface area contributed by atoms with Crippen LogP contribution in [0.4, 0.5) is 24.5 Å². The summed E-state index contributed by atoms with van der Waals surface area (Å²) in [7, 11) is 0. The van der Waals surface area contributed by atoms with Gasteiger partial charge in [0, 0.05) is 19.2 Å². The summed E-state index contributed by atoms with van der Waals surface area (Å²) in [5.74, 6) is 0. The second-order valence-corrected chi connectivity index (χ2v) is 4.16. The Labute approximate surface area is 112 Å². The first kappa shape index (κ1) is 16.2. The first-order valence-electron chi connectivity index (χ1n) is 5.66. The number of benzene rings is 1. The summed E-state index contributed by atoms with van der Waals surface area (Å²) >= 11 is 0. The van der Waals surface area contributed by atoms with Crippen LogP contribution in [-0.4, -0.2) is 40.8 Å². The Hall–Kier alpha value is -1.87. The SMILES string of the molecule is Nc1c(CN(CCO)CC(F)(F)F)cccc1[N+](=O)[O-]. The molecular formula is C11H14F3N3O3. The first-order valence-corrected chi connectivity index (χ1v) is 5.66. The van der Waals surface area contributed by atoms with Crippen molar-refractivity contribution >= 4 is 11.4 Å².